The first-order chi connectivity index (χ1) is 13.6. The molecule has 6 heteroatoms. The van der Waals surface area contributed by atoms with E-state index < -0.39 is 0 Å². The first-order valence-corrected chi connectivity index (χ1v) is 9.67. The predicted octanol–water partition coefficient (Wildman–Crippen LogP) is 6.09. The second kappa shape index (κ2) is 7.90. The Kier molecular flexibility index (Phi) is 5.17. The Hall–Kier alpha value is -3.05. The van der Waals surface area contributed by atoms with Crippen molar-refractivity contribution >= 4 is 39.8 Å². The molecule has 0 atom stereocenters. The molecule has 0 bridgehead atoms. The third-order valence-electron chi connectivity index (χ3n) is 4.40. The van der Waals surface area contributed by atoms with Gasteiger partial charge in [0, 0.05) is 34.2 Å². The lowest BCUT2D eigenvalue weighted by Gasteiger charge is -2.09. The summed E-state index contributed by atoms with van der Waals surface area (Å²) in [5.74, 6) is 1.33. The van der Waals surface area contributed by atoms with E-state index in [-0.39, 0.29) is 0 Å². The predicted molar refractivity (Wildman–Crippen MR) is 117 cm³/mol. The Morgan fingerprint density at radius 3 is 2.64 bits per heavy atom. The zero-order valence-electron chi connectivity index (χ0n) is 15.8. The van der Waals surface area contributed by atoms with Crippen molar-refractivity contribution < 1.29 is 0 Å². The van der Waals surface area contributed by atoms with Crippen LogP contribution < -0.4 is 10.6 Å². The number of nitrogens with zero attached hydrogens (tertiary/aromatic N) is 2. The summed E-state index contributed by atoms with van der Waals surface area (Å²) in [6.45, 7) is 5.33. The Labute approximate surface area is 169 Å². The lowest BCUT2D eigenvalue weighted by atomic mass is 10.1. The lowest BCUT2D eigenvalue weighted by molar-refractivity contribution is 0.689. The summed E-state index contributed by atoms with van der Waals surface area (Å²) in [4.78, 5) is 12.2. The maximum atomic E-state index is 6.09. The maximum Gasteiger partial charge on any atom is 0.143 e. The van der Waals surface area contributed by atoms with Crippen LogP contribution in [0.3, 0.4) is 0 Å². The molecule has 0 radical (unpaired) electrons. The second-order valence-electron chi connectivity index (χ2n) is 7.16. The Balaban J connectivity index is 1.66. The van der Waals surface area contributed by atoms with Crippen LogP contribution in [0.25, 0.3) is 22.3 Å². The normalized spacial score (nSPS) is 11.1. The van der Waals surface area contributed by atoms with Crippen LogP contribution in [0, 0.1) is 5.92 Å². The molecular weight excluding hydrogens is 370 g/mol. The number of anilines is 3. The lowest BCUT2D eigenvalue weighted by Crippen LogP contribution is -2.07. The van der Waals surface area contributed by atoms with Gasteiger partial charge in [0.25, 0.3) is 0 Å². The highest BCUT2D eigenvalue weighted by atomic mass is 35.5. The Morgan fingerprint density at radius 1 is 1.00 bits per heavy atom. The second-order valence-corrected chi connectivity index (χ2v) is 7.59. The van der Waals surface area contributed by atoms with Gasteiger partial charge < -0.3 is 15.6 Å². The van der Waals surface area contributed by atoms with Crippen LogP contribution in [0.2, 0.25) is 5.02 Å². The van der Waals surface area contributed by atoms with E-state index in [2.05, 4.69) is 69.8 Å². The monoisotopic (exact) mass is 391 g/mol. The van der Waals surface area contributed by atoms with Gasteiger partial charge in [-0.25, -0.2) is 9.97 Å². The van der Waals surface area contributed by atoms with E-state index in [4.69, 9.17) is 11.6 Å². The fourth-order valence-corrected chi connectivity index (χ4v) is 3.21. The summed E-state index contributed by atoms with van der Waals surface area (Å²) >= 11 is 6.09. The molecule has 0 amide bonds. The topological polar surface area (TPSA) is 65.6 Å². The standard InChI is InChI=1S/C22H22ClN5/c1-14(2)12-24-17-7-3-5-15(9-17)20-11-19-21(25-13-26-22(19)28-20)27-18-8-4-6-16(23)10-18/h3-11,13-14,24H,12H2,1-2H3,(H2,25,26,27,28). The first-order valence-electron chi connectivity index (χ1n) is 9.29. The number of halogens is 1. The number of aromatic nitrogens is 3. The molecule has 0 aliphatic heterocycles. The van der Waals surface area contributed by atoms with Gasteiger partial charge in [0.1, 0.15) is 17.8 Å². The van der Waals surface area contributed by atoms with Crippen LogP contribution in [0.4, 0.5) is 17.2 Å². The van der Waals surface area contributed by atoms with E-state index in [0.29, 0.717) is 10.9 Å². The zero-order valence-corrected chi connectivity index (χ0v) is 16.6. The van der Waals surface area contributed by atoms with E-state index in [9.17, 15) is 0 Å². The molecule has 4 rings (SSSR count). The van der Waals surface area contributed by atoms with Crippen LogP contribution in [0.5, 0.6) is 0 Å². The number of fused-ring (bicyclic) bond motifs is 1. The summed E-state index contributed by atoms with van der Waals surface area (Å²) < 4.78 is 0. The van der Waals surface area contributed by atoms with Gasteiger partial charge >= 0.3 is 0 Å². The molecular formula is C22H22ClN5. The number of benzene rings is 2. The number of H-pyrrole nitrogens is 1. The molecule has 4 aromatic rings. The van der Waals surface area contributed by atoms with Gasteiger partial charge in [-0.15, -0.1) is 0 Å². The summed E-state index contributed by atoms with van der Waals surface area (Å²) in [5, 5.41) is 8.40. The molecule has 142 valence electrons. The average Bonchev–Trinajstić information content (AvgIpc) is 3.12. The molecule has 0 aliphatic carbocycles. The molecule has 28 heavy (non-hydrogen) atoms. The third-order valence-corrected chi connectivity index (χ3v) is 4.64. The summed E-state index contributed by atoms with van der Waals surface area (Å²) in [5.41, 5.74) is 4.87. The minimum absolute atomic E-state index is 0.590. The van der Waals surface area contributed by atoms with Crippen LogP contribution >= 0.6 is 11.6 Å². The Bertz CT molecular complexity index is 1100. The number of aromatic amines is 1. The third kappa shape index (κ3) is 4.10. The van der Waals surface area contributed by atoms with Crippen LogP contribution in [0.1, 0.15) is 13.8 Å². The fourth-order valence-electron chi connectivity index (χ4n) is 3.02. The summed E-state index contributed by atoms with van der Waals surface area (Å²) in [7, 11) is 0. The van der Waals surface area contributed by atoms with E-state index in [1.165, 1.54) is 0 Å². The van der Waals surface area contributed by atoms with Crippen LogP contribution in [-0.2, 0) is 0 Å². The van der Waals surface area contributed by atoms with Gasteiger partial charge in [0.05, 0.1) is 5.39 Å². The van der Waals surface area contributed by atoms with Gasteiger partial charge in [-0.1, -0.05) is 43.6 Å². The number of rotatable bonds is 6. The van der Waals surface area contributed by atoms with Gasteiger partial charge in [-0.3, -0.25) is 0 Å². The van der Waals surface area contributed by atoms with E-state index >= 15 is 0 Å². The van der Waals surface area contributed by atoms with Crippen molar-refractivity contribution in [1.82, 2.24) is 15.0 Å². The van der Waals surface area contributed by atoms with E-state index in [1.54, 1.807) is 6.33 Å². The number of hydrogen-bond acceptors (Lipinski definition) is 4. The van der Waals surface area contributed by atoms with Crippen molar-refractivity contribution in [3.63, 3.8) is 0 Å². The van der Waals surface area contributed by atoms with Gasteiger partial charge in [-0.2, -0.15) is 0 Å². The molecule has 2 heterocycles. The summed E-state index contributed by atoms with van der Waals surface area (Å²) in [6.07, 6.45) is 1.55. The highest BCUT2D eigenvalue weighted by Gasteiger charge is 2.10. The molecule has 2 aromatic heterocycles. The SMILES string of the molecule is CC(C)CNc1cccc(-c2cc3c(Nc4cccc(Cl)c4)ncnc3[nH]2)c1. The van der Waals surface area contributed by atoms with Crippen LogP contribution in [0.15, 0.2) is 60.9 Å². The smallest absolute Gasteiger partial charge is 0.143 e. The fraction of sp³-hybridized carbons (Fsp3) is 0.182. The molecule has 0 aliphatic rings. The summed E-state index contributed by atoms with van der Waals surface area (Å²) in [6, 6.07) is 18.0. The van der Waals surface area contributed by atoms with Crippen molar-refractivity contribution in [2.45, 2.75) is 13.8 Å². The minimum atomic E-state index is 0.590. The number of nitrogens with one attached hydrogen (secondary N) is 3. The molecule has 3 N–H and O–H groups in total. The highest BCUT2D eigenvalue weighted by Crippen LogP contribution is 2.30. The highest BCUT2D eigenvalue weighted by molar-refractivity contribution is 6.30. The number of hydrogen-bond donors (Lipinski definition) is 3. The van der Waals surface area contributed by atoms with E-state index in [1.807, 2.05) is 24.3 Å². The quantitative estimate of drug-likeness (QED) is 0.372. The van der Waals surface area contributed by atoms with E-state index in [0.717, 1.165) is 46.0 Å². The van der Waals surface area contributed by atoms with Crippen molar-refractivity contribution in [2.24, 2.45) is 5.92 Å². The van der Waals surface area contributed by atoms with Gasteiger partial charge in [0.15, 0.2) is 0 Å². The van der Waals surface area contributed by atoms with Crippen molar-refractivity contribution in [3.8, 4) is 11.3 Å². The minimum Gasteiger partial charge on any atom is -0.385 e. The molecule has 0 unspecified atom stereocenters. The molecule has 0 spiro atoms. The molecule has 0 fully saturated rings. The molecule has 0 saturated carbocycles. The largest absolute Gasteiger partial charge is 0.385 e. The van der Waals surface area contributed by atoms with Crippen molar-refractivity contribution in [2.75, 3.05) is 17.2 Å². The molecule has 5 nitrogen and oxygen atoms in total. The zero-order chi connectivity index (χ0) is 19.5. The Morgan fingerprint density at radius 2 is 1.82 bits per heavy atom. The van der Waals surface area contributed by atoms with Crippen LogP contribution in [-0.4, -0.2) is 21.5 Å². The van der Waals surface area contributed by atoms with Gasteiger partial charge in [0.2, 0.25) is 0 Å². The van der Waals surface area contributed by atoms with Gasteiger partial charge in [-0.05, 0) is 42.3 Å². The van der Waals surface area contributed by atoms with Crippen molar-refractivity contribution in [1.29, 1.82) is 0 Å². The van der Waals surface area contributed by atoms with Crippen molar-refractivity contribution in [3.05, 3.63) is 65.9 Å². The molecule has 0 saturated heterocycles. The first kappa shape index (κ1) is 18.3. The maximum absolute atomic E-state index is 6.09. The average molecular weight is 392 g/mol. The molecule has 2 aromatic carbocycles.